The summed E-state index contributed by atoms with van der Waals surface area (Å²) in [6.07, 6.45) is 17.3. The van der Waals surface area contributed by atoms with Gasteiger partial charge in [0.15, 0.2) is 5.71 Å². The molecule has 5 nitrogen and oxygen atoms in total. The fraction of sp³-hybridized carbons (Fsp3) is 0.417. The number of rotatable bonds is 14. The average Bonchev–Trinajstić information content (AvgIpc) is 3.50. The molecule has 0 saturated carbocycles. The molecule has 0 aromatic heterocycles. The Morgan fingerprint density at radius 1 is 0.891 bits per heavy atom. The van der Waals surface area contributed by atoms with Gasteiger partial charge in [-0.15, -0.1) is 0 Å². The maximum Gasteiger partial charge on any atom is 0.226 e. The van der Waals surface area contributed by atoms with E-state index in [1.807, 2.05) is 6.07 Å². The van der Waals surface area contributed by atoms with Crippen molar-refractivity contribution >= 4 is 31.0 Å². The first kappa shape index (κ1) is 40.0. The summed E-state index contributed by atoms with van der Waals surface area (Å²) in [6, 6.07) is 20.3. The summed E-state index contributed by atoms with van der Waals surface area (Å²) in [5.41, 5.74) is 11.3. The van der Waals surface area contributed by atoms with Crippen LogP contribution in [0, 0.1) is 19.7 Å². The monoisotopic (exact) mass is 738 g/mol. The van der Waals surface area contributed by atoms with E-state index in [4.69, 9.17) is 12.7 Å². The normalized spacial score (nSPS) is 18.8. The summed E-state index contributed by atoms with van der Waals surface area (Å²) in [6.45, 7) is 17.3. The molecule has 3 aromatic rings. The maximum atomic E-state index is 14.7. The lowest BCUT2D eigenvalue weighted by atomic mass is 9.81. The number of benzene rings is 3. The number of amides is 1. The summed E-state index contributed by atoms with van der Waals surface area (Å²) in [4.78, 5) is 14.4. The summed E-state index contributed by atoms with van der Waals surface area (Å²) >= 11 is 0. The van der Waals surface area contributed by atoms with Crippen LogP contribution in [-0.2, 0) is 15.6 Å². The highest BCUT2D eigenvalue weighted by Gasteiger charge is 2.44. The van der Waals surface area contributed by atoms with Crippen LogP contribution in [0.3, 0.4) is 0 Å². The van der Waals surface area contributed by atoms with Crippen molar-refractivity contribution in [2.45, 2.75) is 117 Å². The highest BCUT2D eigenvalue weighted by atomic mass is 19.1. The number of carbonyl (C=O) groups is 1. The Bertz CT molecular complexity index is 2070. The lowest BCUT2D eigenvalue weighted by Crippen LogP contribution is -2.28. The zero-order valence-electron chi connectivity index (χ0n) is 34.0. The molecule has 7 heteroatoms. The molecule has 0 atom stereocenters. The number of hydrogen-bond acceptors (Lipinski definition) is 3. The molecular weight excluding hydrogens is 680 g/mol. The number of anilines is 1. The number of fused-ring (bicyclic) bond motifs is 2. The second-order valence-corrected chi connectivity index (χ2v) is 16.6. The number of nitrogens with zero attached hydrogens (tertiary/aromatic N) is 2. The average molecular weight is 739 g/mol. The van der Waals surface area contributed by atoms with Crippen molar-refractivity contribution in [3.05, 3.63) is 136 Å². The van der Waals surface area contributed by atoms with Crippen molar-refractivity contribution in [3.63, 3.8) is 0 Å². The van der Waals surface area contributed by atoms with Gasteiger partial charge in [0, 0.05) is 53.9 Å². The molecule has 2 radical (unpaired) electrons. The topological polar surface area (TPSA) is 44.6 Å². The molecule has 0 unspecified atom stereocenters. The number of ether oxygens (including phenoxy) is 1. The molecule has 3 aromatic carbocycles. The van der Waals surface area contributed by atoms with E-state index in [0.29, 0.717) is 19.4 Å². The van der Waals surface area contributed by atoms with Crippen LogP contribution in [0.15, 0.2) is 108 Å². The number of allylic oxidation sites excluding steroid dienone is 7. The first-order chi connectivity index (χ1) is 26.3. The van der Waals surface area contributed by atoms with Crippen molar-refractivity contribution < 1.29 is 18.5 Å². The fourth-order valence-corrected chi connectivity index (χ4v) is 8.50. The van der Waals surface area contributed by atoms with Crippen LogP contribution in [0.2, 0.25) is 0 Å². The summed E-state index contributed by atoms with van der Waals surface area (Å²) < 4.78 is 23.9. The lowest BCUT2D eigenvalue weighted by Gasteiger charge is -2.27. The molecular formula is C48H58BFN3O2+. The molecule has 0 spiro atoms. The molecule has 1 N–H and O–H groups in total. The Kier molecular flexibility index (Phi) is 12.4. The minimum atomic E-state index is -0.429. The van der Waals surface area contributed by atoms with E-state index in [1.54, 1.807) is 6.07 Å². The summed E-state index contributed by atoms with van der Waals surface area (Å²) in [7, 11) is 5.33. The zero-order chi connectivity index (χ0) is 39.3. The van der Waals surface area contributed by atoms with E-state index < -0.39 is 5.41 Å². The Balaban J connectivity index is 1.42. The van der Waals surface area contributed by atoms with Crippen molar-refractivity contribution in [2.24, 2.45) is 0 Å². The molecule has 0 saturated heterocycles. The highest BCUT2D eigenvalue weighted by Crippen LogP contribution is 2.48. The first-order valence-corrected chi connectivity index (χ1v) is 20.3. The SMILES string of the molecule is [B]NC(=O)CCCC[N+]1=C(/C=C/C2=C(Oc3ccc(C)cc3)C(=C/C=C3/N(CCCCC)c4ccc(C)cc4C3(C)C)/CCC2)C(C)(C)c2cc(F)ccc21. The van der Waals surface area contributed by atoms with Gasteiger partial charge in [0.1, 0.15) is 23.9 Å². The van der Waals surface area contributed by atoms with Gasteiger partial charge in [-0.1, -0.05) is 75.1 Å². The molecule has 2 heterocycles. The second-order valence-electron chi connectivity index (χ2n) is 16.6. The van der Waals surface area contributed by atoms with Gasteiger partial charge in [-0.3, -0.25) is 4.79 Å². The molecule has 3 aliphatic rings. The van der Waals surface area contributed by atoms with Crippen molar-refractivity contribution in [2.75, 3.05) is 18.0 Å². The van der Waals surface area contributed by atoms with Crippen LogP contribution in [0.5, 0.6) is 5.75 Å². The van der Waals surface area contributed by atoms with Crippen LogP contribution in [0.4, 0.5) is 15.8 Å². The third-order valence-electron chi connectivity index (χ3n) is 11.7. The van der Waals surface area contributed by atoms with Gasteiger partial charge in [-0.05, 0) is 119 Å². The Labute approximate surface area is 330 Å². The first-order valence-electron chi connectivity index (χ1n) is 20.3. The van der Waals surface area contributed by atoms with Gasteiger partial charge in [-0.25, -0.2) is 4.39 Å². The van der Waals surface area contributed by atoms with Crippen molar-refractivity contribution in [1.82, 2.24) is 5.23 Å². The molecule has 6 rings (SSSR count). The highest BCUT2D eigenvalue weighted by molar-refractivity contribution is 6.14. The van der Waals surface area contributed by atoms with Crippen LogP contribution in [0.1, 0.15) is 115 Å². The predicted octanol–water partition coefficient (Wildman–Crippen LogP) is 11.1. The molecule has 1 aliphatic carbocycles. The van der Waals surface area contributed by atoms with E-state index >= 15 is 0 Å². The molecule has 0 bridgehead atoms. The fourth-order valence-electron chi connectivity index (χ4n) is 8.50. The van der Waals surface area contributed by atoms with E-state index in [0.717, 1.165) is 72.7 Å². The minimum Gasteiger partial charge on any atom is -0.457 e. The maximum absolute atomic E-state index is 14.7. The van der Waals surface area contributed by atoms with Crippen LogP contribution in [-0.4, -0.2) is 37.3 Å². The quantitative estimate of drug-likeness (QED) is 0.102. The minimum absolute atomic E-state index is 0.138. The summed E-state index contributed by atoms with van der Waals surface area (Å²) in [5, 5.41) is 2.23. The van der Waals surface area contributed by atoms with E-state index in [1.165, 1.54) is 52.6 Å². The number of unbranched alkanes of at least 4 members (excludes halogenated alkanes) is 3. The van der Waals surface area contributed by atoms with Crippen LogP contribution in [0.25, 0.3) is 0 Å². The number of nitrogens with one attached hydrogen (secondary N) is 1. The van der Waals surface area contributed by atoms with Crippen molar-refractivity contribution in [1.29, 1.82) is 0 Å². The number of hydrogen-bond donors (Lipinski definition) is 1. The number of halogens is 1. The second kappa shape index (κ2) is 17.0. The molecule has 0 fully saturated rings. The Morgan fingerprint density at radius 2 is 1.65 bits per heavy atom. The van der Waals surface area contributed by atoms with Gasteiger partial charge in [0.2, 0.25) is 19.6 Å². The van der Waals surface area contributed by atoms with Gasteiger partial charge in [0.25, 0.3) is 0 Å². The standard InChI is InChI=1S/C48H58BFN3O2/c1-8-9-11-29-52-41-25-19-34(3)31-39(41)47(4,5)43(52)27-20-35-14-13-15-36(46(35)55-38-23-17-33(2)18-24-38)21-28-44-48(6,7)40-32-37(50)22-26-42(40)53(44)30-12-10-16-45(54)51-49/h17-28,31-32H,8-16,29-30H2,1-7H3,(H,51,54)/q+1. The van der Waals surface area contributed by atoms with Gasteiger partial charge in [0.05, 0.1) is 5.41 Å². The van der Waals surface area contributed by atoms with Gasteiger partial charge < -0.3 is 14.9 Å². The largest absolute Gasteiger partial charge is 0.457 e. The van der Waals surface area contributed by atoms with Gasteiger partial charge >= 0.3 is 0 Å². The zero-order valence-corrected chi connectivity index (χ0v) is 34.0. The van der Waals surface area contributed by atoms with E-state index in [2.05, 4.69) is 130 Å². The van der Waals surface area contributed by atoms with Crippen LogP contribution < -0.4 is 14.9 Å². The van der Waals surface area contributed by atoms with E-state index in [9.17, 15) is 9.18 Å². The molecule has 1 amide bonds. The van der Waals surface area contributed by atoms with Crippen molar-refractivity contribution in [3.8, 4) is 5.75 Å². The van der Waals surface area contributed by atoms with Gasteiger partial charge in [-0.2, -0.15) is 4.58 Å². The molecule has 2 aliphatic heterocycles. The third kappa shape index (κ3) is 8.61. The molecule has 55 heavy (non-hydrogen) atoms. The number of carbonyl (C=O) groups excluding carboxylic acids is 1. The predicted molar refractivity (Wildman–Crippen MR) is 226 cm³/mol. The van der Waals surface area contributed by atoms with E-state index in [-0.39, 0.29) is 17.1 Å². The molecule has 286 valence electrons. The van der Waals surface area contributed by atoms with Crippen LogP contribution >= 0.6 is 0 Å². The number of aryl methyl sites for hydroxylation is 2. The third-order valence-corrected chi connectivity index (χ3v) is 11.7. The lowest BCUT2D eigenvalue weighted by molar-refractivity contribution is -0.438. The Morgan fingerprint density at radius 3 is 2.40 bits per heavy atom. The Hall–Kier alpha value is -4.65. The smallest absolute Gasteiger partial charge is 0.226 e. The summed E-state index contributed by atoms with van der Waals surface area (Å²) in [5.74, 6) is 1.32.